The molecule has 2 aliphatic heterocycles. The fraction of sp³-hybridized carbons (Fsp3) is 0.250. The summed E-state index contributed by atoms with van der Waals surface area (Å²) < 4.78 is 23.2. The van der Waals surface area contributed by atoms with Gasteiger partial charge in [-0.15, -0.1) is 0 Å². The number of piperidine rings is 1. The third-order valence-electron chi connectivity index (χ3n) is 5.82. The first-order chi connectivity index (χ1) is 15.1. The summed E-state index contributed by atoms with van der Waals surface area (Å²) >= 11 is 0. The number of H-pyrrole nitrogens is 1. The van der Waals surface area contributed by atoms with Crippen molar-refractivity contribution in [1.29, 1.82) is 0 Å². The fourth-order valence-electron chi connectivity index (χ4n) is 4.21. The fourth-order valence-corrected chi connectivity index (χ4v) is 4.95. The van der Waals surface area contributed by atoms with Crippen molar-refractivity contribution in [2.24, 2.45) is 0 Å². The van der Waals surface area contributed by atoms with Crippen LogP contribution in [0.4, 0.5) is 5.69 Å². The van der Waals surface area contributed by atoms with Crippen LogP contribution in [0.3, 0.4) is 0 Å². The van der Waals surface area contributed by atoms with E-state index in [1.807, 2.05) is 23.1 Å². The average Bonchev–Trinajstić information content (AvgIpc) is 3.21. The Morgan fingerprint density at radius 3 is 2.48 bits per heavy atom. The summed E-state index contributed by atoms with van der Waals surface area (Å²) in [5.74, 6) is 0. The number of hydrogen-bond donors (Lipinski definition) is 3. The Hall–Kier alpha value is -3.03. The van der Waals surface area contributed by atoms with Crippen LogP contribution in [0.25, 0.3) is 22.2 Å². The number of nitrogens with zero attached hydrogens (tertiary/aromatic N) is 1. The molecular formula is C24H26N4O2S. The third-order valence-corrected chi connectivity index (χ3v) is 6.82. The molecule has 0 saturated carbocycles. The molecule has 1 aromatic heterocycles. The second-order valence-corrected chi connectivity index (χ2v) is 9.88. The number of fused-ring (bicyclic) bond motifs is 1. The first kappa shape index (κ1) is 19.9. The Kier molecular flexibility index (Phi) is 5.29. The van der Waals surface area contributed by atoms with Gasteiger partial charge in [-0.2, -0.15) is 0 Å². The van der Waals surface area contributed by atoms with E-state index in [1.54, 1.807) is 12.4 Å². The molecular weight excluding hydrogens is 408 g/mol. The SMILES string of the molecule is O=S1(=O)C=CN(Cc2cc(NC3CCNCC3)c3[nH]c(-c4ccccc4)cc3c2)C=C1. The van der Waals surface area contributed by atoms with Crippen molar-refractivity contribution in [3.63, 3.8) is 0 Å². The molecule has 3 N–H and O–H groups in total. The summed E-state index contributed by atoms with van der Waals surface area (Å²) in [6.07, 6.45) is 5.42. The van der Waals surface area contributed by atoms with E-state index in [4.69, 9.17) is 0 Å². The molecule has 0 spiro atoms. The van der Waals surface area contributed by atoms with Gasteiger partial charge in [0.15, 0.2) is 9.84 Å². The number of nitrogens with one attached hydrogen (secondary N) is 3. The van der Waals surface area contributed by atoms with E-state index >= 15 is 0 Å². The van der Waals surface area contributed by atoms with E-state index in [0.29, 0.717) is 12.6 Å². The van der Waals surface area contributed by atoms with Crippen molar-refractivity contribution < 1.29 is 8.42 Å². The van der Waals surface area contributed by atoms with Gasteiger partial charge in [0.25, 0.3) is 0 Å². The summed E-state index contributed by atoms with van der Waals surface area (Å²) in [5, 5.41) is 10.8. The van der Waals surface area contributed by atoms with Crippen LogP contribution in [-0.4, -0.2) is 37.4 Å². The van der Waals surface area contributed by atoms with Crippen molar-refractivity contribution in [1.82, 2.24) is 15.2 Å². The van der Waals surface area contributed by atoms with E-state index in [-0.39, 0.29) is 0 Å². The van der Waals surface area contributed by atoms with Gasteiger partial charge in [0.05, 0.1) is 22.0 Å². The topological polar surface area (TPSA) is 77.2 Å². The highest BCUT2D eigenvalue weighted by Crippen LogP contribution is 2.32. The van der Waals surface area contributed by atoms with Gasteiger partial charge in [-0.1, -0.05) is 30.3 Å². The first-order valence-electron chi connectivity index (χ1n) is 10.6. The first-order valence-corrected chi connectivity index (χ1v) is 12.2. The molecule has 0 unspecified atom stereocenters. The number of rotatable bonds is 5. The number of sulfone groups is 1. The van der Waals surface area contributed by atoms with Crippen molar-refractivity contribution in [2.45, 2.75) is 25.4 Å². The Labute approximate surface area is 182 Å². The van der Waals surface area contributed by atoms with Crippen LogP contribution in [0.1, 0.15) is 18.4 Å². The molecule has 0 amide bonds. The van der Waals surface area contributed by atoms with Gasteiger partial charge < -0.3 is 20.5 Å². The number of anilines is 1. The molecule has 3 aromatic rings. The van der Waals surface area contributed by atoms with E-state index < -0.39 is 9.84 Å². The Morgan fingerprint density at radius 2 is 1.74 bits per heavy atom. The summed E-state index contributed by atoms with van der Waals surface area (Å²) in [6.45, 7) is 2.65. The van der Waals surface area contributed by atoms with Crippen LogP contribution >= 0.6 is 0 Å². The van der Waals surface area contributed by atoms with E-state index in [2.05, 4.69) is 45.9 Å². The molecule has 6 nitrogen and oxygen atoms in total. The Morgan fingerprint density at radius 1 is 1.00 bits per heavy atom. The smallest absolute Gasteiger partial charge is 0.195 e. The summed E-state index contributed by atoms with van der Waals surface area (Å²) in [7, 11) is -3.22. The molecule has 0 atom stereocenters. The number of aromatic nitrogens is 1. The quantitative estimate of drug-likeness (QED) is 0.562. The second-order valence-electron chi connectivity index (χ2n) is 8.16. The molecule has 5 rings (SSSR count). The lowest BCUT2D eigenvalue weighted by Crippen LogP contribution is -2.35. The minimum Gasteiger partial charge on any atom is -0.381 e. The number of hydrogen-bond acceptors (Lipinski definition) is 5. The average molecular weight is 435 g/mol. The molecule has 3 heterocycles. The number of benzene rings is 2. The van der Waals surface area contributed by atoms with E-state index in [0.717, 1.165) is 59.3 Å². The normalized spacial score (nSPS) is 18.5. The summed E-state index contributed by atoms with van der Waals surface area (Å²) in [5.41, 5.74) is 5.56. The summed E-state index contributed by atoms with van der Waals surface area (Å²) in [4.78, 5) is 5.50. The van der Waals surface area contributed by atoms with Gasteiger partial charge in [-0.05, 0) is 55.3 Å². The third kappa shape index (κ3) is 4.52. The van der Waals surface area contributed by atoms with Gasteiger partial charge in [-0.3, -0.25) is 0 Å². The van der Waals surface area contributed by atoms with Crippen LogP contribution < -0.4 is 10.6 Å². The van der Waals surface area contributed by atoms with Crippen molar-refractivity contribution in [3.8, 4) is 11.3 Å². The predicted molar refractivity (Wildman–Crippen MR) is 126 cm³/mol. The van der Waals surface area contributed by atoms with Gasteiger partial charge in [-0.25, -0.2) is 8.42 Å². The lowest BCUT2D eigenvalue weighted by molar-refractivity contribution is 0.479. The molecule has 160 valence electrons. The van der Waals surface area contributed by atoms with E-state index in [1.165, 1.54) is 10.8 Å². The molecule has 0 bridgehead atoms. The zero-order valence-corrected chi connectivity index (χ0v) is 18.0. The zero-order valence-electron chi connectivity index (χ0n) is 17.2. The Balaban J connectivity index is 1.51. The highest BCUT2D eigenvalue weighted by atomic mass is 32.2. The lowest BCUT2D eigenvalue weighted by atomic mass is 10.0. The zero-order chi connectivity index (χ0) is 21.3. The van der Waals surface area contributed by atoms with Crippen LogP contribution in [-0.2, 0) is 16.4 Å². The minimum absolute atomic E-state index is 0.433. The highest BCUT2D eigenvalue weighted by Gasteiger charge is 2.17. The maximum atomic E-state index is 11.6. The van der Waals surface area contributed by atoms with Crippen LogP contribution in [0.15, 0.2) is 71.7 Å². The van der Waals surface area contributed by atoms with Crippen LogP contribution in [0, 0.1) is 0 Å². The Bertz CT molecular complexity index is 1220. The molecule has 1 saturated heterocycles. The highest BCUT2D eigenvalue weighted by molar-refractivity contribution is 7.97. The monoisotopic (exact) mass is 434 g/mol. The standard InChI is InChI=1S/C24H26N4O2S/c29-31(30)12-10-28(11-13-31)17-18-14-20-16-22(19-4-2-1-3-5-19)27-24(20)23(15-18)26-21-6-8-25-9-7-21/h1-5,10-16,21,25-27H,6-9,17H2. The maximum absolute atomic E-state index is 11.6. The molecule has 7 heteroatoms. The van der Waals surface area contributed by atoms with Gasteiger partial charge in [0, 0.05) is 36.1 Å². The van der Waals surface area contributed by atoms with Gasteiger partial charge in [0.2, 0.25) is 0 Å². The van der Waals surface area contributed by atoms with Crippen LogP contribution in [0.2, 0.25) is 0 Å². The van der Waals surface area contributed by atoms with E-state index in [9.17, 15) is 8.42 Å². The summed E-state index contributed by atoms with van der Waals surface area (Å²) in [6, 6.07) is 17.3. The van der Waals surface area contributed by atoms with Crippen molar-refractivity contribution in [3.05, 3.63) is 77.3 Å². The molecule has 0 radical (unpaired) electrons. The largest absolute Gasteiger partial charge is 0.381 e. The molecule has 0 aliphatic carbocycles. The molecule has 1 fully saturated rings. The van der Waals surface area contributed by atoms with Crippen molar-refractivity contribution in [2.75, 3.05) is 18.4 Å². The predicted octanol–water partition coefficient (Wildman–Crippen LogP) is 4.17. The maximum Gasteiger partial charge on any atom is 0.195 e. The minimum atomic E-state index is -3.22. The molecule has 2 aliphatic rings. The number of aromatic amines is 1. The second kappa shape index (κ2) is 8.24. The van der Waals surface area contributed by atoms with Gasteiger partial charge in [0.1, 0.15) is 0 Å². The van der Waals surface area contributed by atoms with Crippen molar-refractivity contribution >= 4 is 26.4 Å². The van der Waals surface area contributed by atoms with Crippen LogP contribution in [0.5, 0.6) is 0 Å². The molecule has 31 heavy (non-hydrogen) atoms. The van der Waals surface area contributed by atoms with Gasteiger partial charge >= 0.3 is 0 Å². The molecule has 2 aromatic carbocycles. The lowest BCUT2D eigenvalue weighted by Gasteiger charge is -2.25.